The molecule has 2 aromatic carbocycles. The first-order valence-corrected chi connectivity index (χ1v) is 8.07. The Morgan fingerprint density at radius 1 is 1.08 bits per heavy atom. The molecule has 0 radical (unpaired) electrons. The summed E-state index contributed by atoms with van der Waals surface area (Å²) in [7, 11) is 0. The van der Waals surface area contributed by atoms with Crippen molar-refractivity contribution >= 4 is 40.8 Å². The van der Waals surface area contributed by atoms with E-state index < -0.39 is 12.0 Å². The largest absolute Gasteiger partial charge is 0.481 e. The number of anilines is 1. The molecule has 25 heavy (non-hydrogen) atoms. The van der Waals surface area contributed by atoms with Gasteiger partial charge < -0.3 is 10.4 Å². The van der Waals surface area contributed by atoms with Crippen LogP contribution < -0.4 is 5.32 Å². The maximum atomic E-state index is 12.2. The van der Waals surface area contributed by atoms with Gasteiger partial charge in [-0.15, -0.1) is 0 Å². The zero-order valence-electron chi connectivity index (χ0n) is 12.9. The highest BCUT2D eigenvalue weighted by Crippen LogP contribution is 2.25. The number of carboxylic acids is 1. The Balaban J connectivity index is 2.06. The summed E-state index contributed by atoms with van der Waals surface area (Å²) in [4.78, 5) is 33.7. The van der Waals surface area contributed by atoms with Gasteiger partial charge in [0.2, 0.25) is 0 Å². The highest BCUT2D eigenvalue weighted by Gasteiger charge is 2.14. The van der Waals surface area contributed by atoms with E-state index in [2.05, 4.69) is 10.5 Å². The van der Waals surface area contributed by atoms with Gasteiger partial charge in [-0.1, -0.05) is 40.5 Å². The lowest BCUT2D eigenvalue weighted by Crippen LogP contribution is -2.12. The van der Waals surface area contributed by atoms with E-state index in [0.29, 0.717) is 21.8 Å². The Hall–Kier alpha value is -2.44. The van der Waals surface area contributed by atoms with Crippen molar-refractivity contribution in [1.82, 2.24) is 0 Å². The van der Waals surface area contributed by atoms with Crippen molar-refractivity contribution in [2.75, 3.05) is 5.32 Å². The number of carbonyl (C=O) groups is 2. The average molecular weight is 381 g/mol. The average Bonchev–Trinajstić information content (AvgIpc) is 2.59. The number of rotatable bonds is 7. The fraction of sp³-hybridized carbons (Fsp3) is 0.176. The van der Waals surface area contributed by atoms with Crippen LogP contribution in [-0.4, -0.2) is 17.0 Å². The van der Waals surface area contributed by atoms with Crippen molar-refractivity contribution < 1.29 is 14.7 Å². The molecule has 6 nitrogen and oxygen atoms in total. The van der Waals surface area contributed by atoms with E-state index in [0.717, 1.165) is 0 Å². The van der Waals surface area contributed by atoms with Crippen LogP contribution in [0.25, 0.3) is 0 Å². The lowest BCUT2D eigenvalue weighted by Gasteiger charge is -2.10. The molecule has 2 N–H and O–H groups in total. The molecule has 0 fully saturated rings. The summed E-state index contributed by atoms with van der Waals surface area (Å²) >= 11 is 11.7. The Morgan fingerprint density at radius 3 is 2.32 bits per heavy atom. The van der Waals surface area contributed by atoms with Crippen molar-refractivity contribution in [2.24, 2.45) is 5.18 Å². The van der Waals surface area contributed by atoms with Gasteiger partial charge in [0.1, 0.15) is 6.04 Å². The van der Waals surface area contributed by atoms with E-state index in [4.69, 9.17) is 28.3 Å². The molecular weight excluding hydrogens is 367 g/mol. The second-order valence-electron chi connectivity index (χ2n) is 5.26. The van der Waals surface area contributed by atoms with Gasteiger partial charge in [-0.2, -0.15) is 4.91 Å². The number of carboxylic acid groups (broad SMARTS) is 1. The third-order valence-corrected chi connectivity index (χ3v) is 4.23. The zero-order valence-corrected chi connectivity index (χ0v) is 14.4. The lowest BCUT2D eigenvalue weighted by atomic mass is 10.0. The first kappa shape index (κ1) is 18.9. The van der Waals surface area contributed by atoms with Gasteiger partial charge in [0.05, 0.1) is 10.0 Å². The van der Waals surface area contributed by atoms with Crippen molar-refractivity contribution in [3.8, 4) is 0 Å². The van der Waals surface area contributed by atoms with Gasteiger partial charge in [-0.25, -0.2) is 0 Å². The van der Waals surface area contributed by atoms with E-state index in [1.165, 1.54) is 12.1 Å². The second kappa shape index (κ2) is 8.60. The van der Waals surface area contributed by atoms with Gasteiger partial charge in [0.15, 0.2) is 0 Å². The van der Waals surface area contributed by atoms with Crippen LogP contribution in [0.1, 0.15) is 34.8 Å². The van der Waals surface area contributed by atoms with Crippen LogP contribution in [0.2, 0.25) is 10.0 Å². The van der Waals surface area contributed by atoms with Crippen LogP contribution in [0.3, 0.4) is 0 Å². The highest BCUT2D eigenvalue weighted by atomic mass is 35.5. The van der Waals surface area contributed by atoms with Gasteiger partial charge in [-0.3, -0.25) is 9.59 Å². The Kier molecular flexibility index (Phi) is 6.50. The number of halogens is 2. The number of nitrogens with one attached hydrogen (secondary N) is 1. The molecule has 8 heteroatoms. The highest BCUT2D eigenvalue weighted by molar-refractivity contribution is 6.42. The van der Waals surface area contributed by atoms with Gasteiger partial charge >= 0.3 is 5.97 Å². The maximum Gasteiger partial charge on any atom is 0.303 e. The number of nitroso groups, excluding NO2 is 1. The van der Waals surface area contributed by atoms with E-state index in [-0.39, 0.29) is 23.8 Å². The summed E-state index contributed by atoms with van der Waals surface area (Å²) < 4.78 is 0. The third kappa shape index (κ3) is 5.27. The number of amides is 1. The predicted octanol–water partition coefficient (Wildman–Crippen LogP) is 4.92. The van der Waals surface area contributed by atoms with Crippen molar-refractivity contribution in [2.45, 2.75) is 18.9 Å². The minimum Gasteiger partial charge on any atom is -0.481 e. The maximum absolute atomic E-state index is 12.2. The van der Waals surface area contributed by atoms with E-state index in [1.807, 2.05) is 0 Å². The molecule has 0 aliphatic heterocycles. The van der Waals surface area contributed by atoms with Crippen LogP contribution in [-0.2, 0) is 4.79 Å². The molecular formula is C17H14Cl2N2O4. The van der Waals surface area contributed by atoms with Gasteiger partial charge in [0.25, 0.3) is 5.91 Å². The minimum atomic E-state index is -0.987. The van der Waals surface area contributed by atoms with E-state index in [9.17, 15) is 14.5 Å². The summed E-state index contributed by atoms with van der Waals surface area (Å²) in [5.41, 5.74) is 1.46. The summed E-state index contributed by atoms with van der Waals surface area (Å²) in [5.74, 6) is -1.35. The van der Waals surface area contributed by atoms with Gasteiger partial charge in [0, 0.05) is 17.7 Å². The van der Waals surface area contributed by atoms with Crippen molar-refractivity contribution in [3.63, 3.8) is 0 Å². The second-order valence-corrected chi connectivity index (χ2v) is 6.07. The summed E-state index contributed by atoms with van der Waals surface area (Å²) in [5, 5.41) is 15.0. The Bertz CT molecular complexity index is 794. The molecule has 1 unspecified atom stereocenters. The SMILES string of the molecule is O=NC(CCC(=O)O)c1ccc(NC(=O)c2ccc(Cl)c(Cl)c2)cc1. The minimum absolute atomic E-state index is 0.119. The molecule has 0 heterocycles. The number of hydrogen-bond acceptors (Lipinski definition) is 4. The summed E-state index contributed by atoms with van der Waals surface area (Å²) in [6.07, 6.45) is -0.0277. The predicted molar refractivity (Wildman–Crippen MR) is 96.3 cm³/mol. The zero-order chi connectivity index (χ0) is 18.4. The first-order valence-electron chi connectivity index (χ1n) is 7.31. The number of hydrogen-bond donors (Lipinski definition) is 2. The van der Waals surface area contributed by atoms with Crippen molar-refractivity contribution in [1.29, 1.82) is 0 Å². The van der Waals surface area contributed by atoms with Crippen LogP contribution in [0.5, 0.6) is 0 Å². The molecule has 0 aliphatic rings. The standard InChI is InChI=1S/C17H14Cl2N2O4/c18-13-6-3-11(9-14(13)19)17(24)20-12-4-1-10(2-5-12)15(21-25)7-8-16(22)23/h1-6,9,15H,7-8H2,(H,20,24)(H,22,23). The summed E-state index contributed by atoms with van der Waals surface area (Å²) in [6.45, 7) is 0. The fourth-order valence-corrected chi connectivity index (χ4v) is 2.47. The molecule has 2 rings (SSSR count). The number of carbonyl (C=O) groups excluding carboxylic acids is 1. The normalized spacial score (nSPS) is 11.6. The molecule has 0 aromatic heterocycles. The molecule has 0 aliphatic carbocycles. The Morgan fingerprint density at radius 2 is 1.76 bits per heavy atom. The molecule has 0 saturated carbocycles. The number of aliphatic carboxylic acids is 1. The number of benzene rings is 2. The van der Waals surface area contributed by atoms with Crippen molar-refractivity contribution in [3.05, 3.63) is 68.5 Å². The monoisotopic (exact) mass is 380 g/mol. The van der Waals surface area contributed by atoms with Crippen LogP contribution in [0.4, 0.5) is 5.69 Å². The lowest BCUT2D eigenvalue weighted by molar-refractivity contribution is -0.137. The topological polar surface area (TPSA) is 95.8 Å². The smallest absolute Gasteiger partial charge is 0.303 e. The molecule has 1 atom stereocenters. The quantitative estimate of drug-likeness (QED) is 0.666. The first-order chi connectivity index (χ1) is 11.9. The van der Waals surface area contributed by atoms with E-state index in [1.54, 1.807) is 30.3 Å². The van der Waals surface area contributed by atoms with Gasteiger partial charge in [-0.05, 0) is 42.3 Å². The Labute approximate surface area is 153 Å². The number of nitrogens with zero attached hydrogens (tertiary/aromatic N) is 1. The summed E-state index contributed by atoms with van der Waals surface area (Å²) in [6, 6.07) is 10.3. The molecule has 0 saturated heterocycles. The third-order valence-electron chi connectivity index (χ3n) is 3.49. The molecule has 130 valence electrons. The fourth-order valence-electron chi connectivity index (χ4n) is 2.17. The van der Waals surface area contributed by atoms with E-state index >= 15 is 0 Å². The molecule has 1 amide bonds. The van der Waals surface area contributed by atoms with Crippen LogP contribution in [0.15, 0.2) is 47.6 Å². The molecule has 2 aromatic rings. The molecule has 0 spiro atoms. The van der Waals surface area contributed by atoms with Crippen LogP contribution >= 0.6 is 23.2 Å². The molecule has 0 bridgehead atoms. The van der Waals surface area contributed by atoms with Crippen LogP contribution in [0, 0.1) is 4.91 Å².